The van der Waals surface area contributed by atoms with Gasteiger partial charge in [0.1, 0.15) is 5.69 Å². The van der Waals surface area contributed by atoms with Gasteiger partial charge in [0.05, 0.1) is 4.92 Å². The highest BCUT2D eigenvalue weighted by atomic mass is 16.6. The number of nitro groups is 1. The van der Waals surface area contributed by atoms with Gasteiger partial charge in [-0.1, -0.05) is 0 Å². The maximum Gasteiger partial charge on any atom is 0.353 e. The predicted octanol–water partition coefficient (Wildman–Crippen LogP) is 1.22. The predicted molar refractivity (Wildman–Crippen MR) is 56.7 cm³/mol. The maximum absolute atomic E-state index is 10.9. The van der Waals surface area contributed by atoms with Crippen LogP contribution in [0.25, 0.3) is 0 Å². The zero-order valence-electron chi connectivity index (χ0n) is 9.19. The largest absolute Gasteiger partial charge is 0.397 e. The van der Waals surface area contributed by atoms with Crippen molar-refractivity contribution in [2.75, 3.05) is 0 Å². The molecule has 0 aliphatic heterocycles. The highest BCUT2D eigenvalue weighted by molar-refractivity contribution is 5.46. The van der Waals surface area contributed by atoms with Crippen molar-refractivity contribution in [1.82, 2.24) is 19.7 Å². The van der Waals surface area contributed by atoms with Gasteiger partial charge in [-0.25, -0.2) is 9.97 Å². The average molecular weight is 235 g/mol. The zero-order valence-corrected chi connectivity index (χ0v) is 9.19. The molecule has 0 radical (unpaired) electrons. The van der Waals surface area contributed by atoms with E-state index in [2.05, 4.69) is 15.1 Å². The second kappa shape index (κ2) is 4.16. The molecule has 0 fully saturated rings. The first-order valence-corrected chi connectivity index (χ1v) is 4.72. The third-order valence-corrected chi connectivity index (χ3v) is 2.18. The second-order valence-electron chi connectivity index (χ2n) is 3.25. The van der Waals surface area contributed by atoms with Gasteiger partial charge in [0, 0.05) is 19.4 Å². The summed E-state index contributed by atoms with van der Waals surface area (Å²) in [6.45, 7) is 1.59. The minimum Gasteiger partial charge on any atom is -0.397 e. The zero-order chi connectivity index (χ0) is 12.4. The molecule has 0 saturated heterocycles. The molecule has 0 aliphatic carbocycles. The number of aryl methyl sites for hydroxylation is 1. The van der Waals surface area contributed by atoms with Crippen LogP contribution in [0.2, 0.25) is 0 Å². The molecule has 88 valence electrons. The number of aromatic nitrogens is 4. The summed E-state index contributed by atoms with van der Waals surface area (Å²) >= 11 is 0. The average Bonchev–Trinajstić information content (AvgIpc) is 2.56. The van der Waals surface area contributed by atoms with Crippen LogP contribution >= 0.6 is 0 Å². The molecule has 2 rings (SSSR count). The van der Waals surface area contributed by atoms with Gasteiger partial charge in [-0.2, -0.15) is 0 Å². The molecule has 0 bridgehead atoms. The van der Waals surface area contributed by atoms with Crippen molar-refractivity contribution in [2.45, 2.75) is 6.92 Å². The Balaban J connectivity index is 2.40. The van der Waals surface area contributed by atoms with Crippen LogP contribution in [0.3, 0.4) is 0 Å². The Morgan fingerprint density at radius 2 is 2.06 bits per heavy atom. The van der Waals surface area contributed by atoms with Crippen molar-refractivity contribution in [3.05, 3.63) is 34.3 Å². The lowest BCUT2D eigenvalue weighted by Crippen LogP contribution is -1.95. The Kier molecular flexibility index (Phi) is 2.69. The molecule has 0 unspecified atom stereocenters. The van der Waals surface area contributed by atoms with Gasteiger partial charge in [0.25, 0.3) is 0 Å². The Hall–Kier alpha value is -2.51. The molecule has 0 aliphatic rings. The molecule has 2 aromatic heterocycles. The van der Waals surface area contributed by atoms with E-state index in [0.717, 1.165) is 0 Å². The SMILES string of the molecule is Cc1c([N+](=O)[O-])c(Oc2ncccn2)nn1C. The first-order chi connectivity index (χ1) is 8.09. The van der Waals surface area contributed by atoms with Gasteiger partial charge < -0.3 is 4.74 Å². The van der Waals surface area contributed by atoms with E-state index in [0.29, 0.717) is 5.69 Å². The number of hydrogen-bond acceptors (Lipinski definition) is 6. The molecule has 8 nitrogen and oxygen atoms in total. The Morgan fingerprint density at radius 3 is 2.65 bits per heavy atom. The Bertz CT molecular complexity index is 551. The lowest BCUT2D eigenvalue weighted by atomic mass is 10.4. The van der Waals surface area contributed by atoms with Crippen LogP contribution in [0.15, 0.2) is 18.5 Å². The summed E-state index contributed by atoms with van der Waals surface area (Å²) in [4.78, 5) is 18.0. The van der Waals surface area contributed by atoms with E-state index >= 15 is 0 Å². The summed E-state index contributed by atoms with van der Waals surface area (Å²) < 4.78 is 6.55. The normalized spacial score (nSPS) is 10.2. The van der Waals surface area contributed by atoms with E-state index in [4.69, 9.17) is 4.74 Å². The standard InChI is InChI=1S/C9H9N5O3/c1-6-7(14(15)16)8(12-13(6)2)17-9-10-4-3-5-11-9/h3-5H,1-2H3. The molecule has 8 heteroatoms. The minimum atomic E-state index is -0.541. The fourth-order valence-corrected chi connectivity index (χ4v) is 1.27. The highest BCUT2D eigenvalue weighted by Gasteiger charge is 2.26. The van der Waals surface area contributed by atoms with E-state index in [9.17, 15) is 10.1 Å². The molecular weight excluding hydrogens is 226 g/mol. The monoisotopic (exact) mass is 235 g/mol. The van der Waals surface area contributed by atoms with E-state index < -0.39 is 4.92 Å². The van der Waals surface area contributed by atoms with Gasteiger partial charge in [-0.3, -0.25) is 14.8 Å². The molecular formula is C9H9N5O3. The first-order valence-electron chi connectivity index (χ1n) is 4.72. The van der Waals surface area contributed by atoms with Crippen LogP contribution in [0.4, 0.5) is 5.69 Å². The number of hydrogen-bond donors (Lipinski definition) is 0. The number of nitrogens with zero attached hydrogens (tertiary/aromatic N) is 5. The molecule has 2 aromatic rings. The molecule has 2 heterocycles. The maximum atomic E-state index is 10.9. The van der Waals surface area contributed by atoms with E-state index in [1.807, 2.05) is 0 Å². The Morgan fingerprint density at radius 1 is 1.41 bits per heavy atom. The van der Waals surface area contributed by atoms with Crippen molar-refractivity contribution in [1.29, 1.82) is 0 Å². The number of rotatable bonds is 3. The topological polar surface area (TPSA) is 96.0 Å². The van der Waals surface area contributed by atoms with E-state index in [1.165, 1.54) is 17.1 Å². The second-order valence-corrected chi connectivity index (χ2v) is 3.25. The van der Waals surface area contributed by atoms with Crippen molar-refractivity contribution in [2.24, 2.45) is 7.05 Å². The summed E-state index contributed by atoms with van der Waals surface area (Å²) in [5.41, 5.74) is 0.223. The van der Waals surface area contributed by atoms with Crippen LogP contribution in [-0.4, -0.2) is 24.7 Å². The van der Waals surface area contributed by atoms with Crippen LogP contribution in [0.5, 0.6) is 11.9 Å². The van der Waals surface area contributed by atoms with E-state index in [1.54, 1.807) is 20.0 Å². The fraction of sp³-hybridized carbons (Fsp3) is 0.222. The molecule has 0 saturated carbocycles. The summed E-state index contributed by atoms with van der Waals surface area (Å²) in [7, 11) is 1.60. The van der Waals surface area contributed by atoms with Crippen molar-refractivity contribution >= 4 is 5.69 Å². The van der Waals surface area contributed by atoms with Gasteiger partial charge in [-0.05, 0) is 13.0 Å². The van der Waals surface area contributed by atoms with Gasteiger partial charge in [0.2, 0.25) is 0 Å². The summed E-state index contributed by atoms with van der Waals surface area (Å²) in [6, 6.07) is 1.64. The van der Waals surface area contributed by atoms with Crippen LogP contribution in [0, 0.1) is 17.0 Å². The molecule has 17 heavy (non-hydrogen) atoms. The molecule has 0 atom stereocenters. The van der Waals surface area contributed by atoms with Gasteiger partial charge in [0.15, 0.2) is 0 Å². The van der Waals surface area contributed by atoms with Crippen molar-refractivity contribution < 1.29 is 9.66 Å². The minimum absolute atomic E-state index is 0.0219. The molecule has 0 N–H and O–H groups in total. The smallest absolute Gasteiger partial charge is 0.353 e. The van der Waals surface area contributed by atoms with Gasteiger partial charge >= 0.3 is 17.6 Å². The quantitative estimate of drug-likeness (QED) is 0.586. The highest BCUT2D eigenvalue weighted by Crippen LogP contribution is 2.31. The number of ether oxygens (including phenoxy) is 1. The summed E-state index contributed by atoms with van der Waals surface area (Å²) in [5, 5.41) is 14.8. The third kappa shape index (κ3) is 2.05. The van der Waals surface area contributed by atoms with E-state index in [-0.39, 0.29) is 17.6 Å². The Labute approximate surface area is 96.0 Å². The lowest BCUT2D eigenvalue weighted by molar-refractivity contribution is -0.386. The lowest BCUT2D eigenvalue weighted by Gasteiger charge is -1.97. The first kappa shape index (κ1) is 11.0. The summed E-state index contributed by atoms with van der Waals surface area (Å²) in [6.07, 6.45) is 2.95. The molecule has 0 amide bonds. The third-order valence-electron chi connectivity index (χ3n) is 2.18. The van der Waals surface area contributed by atoms with Crippen LogP contribution < -0.4 is 4.74 Å². The molecule has 0 aromatic carbocycles. The van der Waals surface area contributed by atoms with Gasteiger partial charge in [-0.15, -0.1) is 5.10 Å². The molecule has 0 spiro atoms. The van der Waals surface area contributed by atoms with Crippen LogP contribution in [0.1, 0.15) is 5.69 Å². The fourth-order valence-electron chi connectivity index (χ4n) is 1.27. The summed E-state index contributed by atoms with van der Waals surface area (Å²) in [5.74, 6) is -0.110. The van der Waals surface area contributed by atoms with Crippen LogP contribution in [-0.2, 0) is 7.05 Å². The van der Waals surface area contributed by atoms with Crippen molar-refractivity contribution in [3.8, 4) is 11.9 Å². The van der Waals surface area contributed by atoms with Crippen molar-refractivity contribution in [3.63, 3.8) is 0 Å².